The predicted molar refractivity (Wildman–Crippen MR) is 188 cm³/mol. The van der Waals surface area contributed by atoms with Gasteiger partial charge in [0.2, 0.25) is 11.8 Å². The summed E-state index contributed by atoms with van der Waals surface area (Å²) in [6.07, 6.45) is 0.985. The van der Waals surface area contributed by atoms with E-state index in [2.05, 4.69) is 21.2 Å². The smallest absolute Gasteiger partial charge is 0.264 e. The molecule has 2 amide bonds. The normalized spacial score (nSPS) is 12.7. The summed E-state index contributed by atoms with van der Waals surface area (Å²) in [4.78, 5) is 30.2. The first kappa shape index (κ1) is 34.9. The fraction of sp³-hybridized carbons (Fsp3) is 0.297. The van der Waals surface area contributed by atoms with Gasteiger partial charge in [-0.25, -0.2) is 8.42 Å². The molecule has 4 rings (SSSR count). The number of rotatable bonds is 13. The molecule has 0 aromatic heterocycles. The van der Waals surface area contributed by atoms with Crippen molar-refractivity contribution in [2.24, 2.45) is 0 Å². The number of aryl methyl sites for hydroxylation is 3. The number of carbonyl (C=O) groups excluding carboxylic acids is 2. The number of benzene rings is 4. The quantitative estimate of drug-likeness (QED) is 0.161. The lowest BCUT2D eigenvalue weighted by Gasteiger charge is -2.34. The number of hydrogen-bond acceptors (Lipinski definition) is 4. The van der Waals surface area contributed by atoms with Crippen LogP contribution in [0.2, 0.25) is 0 Å². The lowest BCUT2D eigenvalue weighted by atomic mass is 10.0. The van der Waals surface area contributed by atoms with E-state index in [4.69, 9.17) is 0 Å². The van der Waals surface area contributed by atoms with E-state index in [1.165, 1.54) is 9.21 Å². The first-order valence-corrected chi connectivity index (χ1v) is 17.7. The molecule has 4 aromatic carbocycles. The van der Waals surface area contributed by atoms with Crippen LogP contribution in [0.5, 0.6) is 0 Å². The average Bonchev–Trinajstić information content (AvgIpc) is 3.04. The number of nitrogens with one attached hydrogen (secondary N) is 1. The van der Waals surface area contributed by atoms with Gasteiger partial charge in [0, 0.05) is 23.5 Å². The highest BCUT2D eigenvalue weighted by Gasteiger charge is 2.35. The highest BCUT2D eigenvalue weighted by Crippen LogP contribution is 2.29. The van der Waals surface area contributed by atoms with Crippen LogP contribution in [-0.4, -0.2) is 43.8 Å². The zero-order valence-electron chi connectivity index (χ0n) is 27.0. The van der Waals surface area contributed by atoms with Crippen LogP contribution in [0.25, 0.3) is 0 Å². The molecule has 7 nitrogen and oxygen atoms in total. The molecule has 0 aliphatic carbocycles. The maximum atomic E-state index is 14.6. The van der Waals surface area contributed by atoms with Crippen molar-refractivity contribution in [3.05, 3.63) is 129 Å². The molecule has 0 saturated heterocycles. The Labute approximate surface area is 281 Å². The fourth-order valence-electron chi connectivity index (χ4n) is 5.12. The van der Waals surface area contributed by atoms with Crippen molar-refractivity contribution in [1.82, 2.24) is 10.2 Å². The third-order valence-electron chi connectivity index (χ3n) is 8.06. The molecule has 0 heterocycles. The molecular formula is C37H42BrN3O4S. The van der Waals surface area contributed by atoms with E-state index in [9.17, 15) is 18.0 Å². The molecule has 1 N–H and O–H groups in total. The second-order valence-corrected chi connectivity index (χ2v) is 14.6. The summed E-state index contributed by atoms with van der Waals surface area (Å²) >= 11 is 3.47. The van der Waals surface area contributed by atoms with Crippen LogP contribution in [0, 0.1) is 20.8 Å². The number of anilines is 1. The van der Waals surface area contributed by atoms with E-state index >= 15 is 0 Å². The first-order chi connectivity index (χ1) is 21.9. The maximum Gasteiger partial charge on any atom is 0.264 e. The largest absolute Gasteiger partial charge is 0.352 e. The van der Waals surface area contributed by atoms with Gasteiger partial charge < -0.3 is 10.2 Å². The summed E-state index contributed by atoms with van der Waals surface area (Å²) in [5, 5.41) is 3.07. The van der Waals surface area contributed by atoms with E-state index in [0.717, 1.165) is 33.1 Å². The molecule has 0 fully saturated rings. The lowest BCUT2D eigenvalue weighted by Crippen LogP contribution is -2.54. The van der Waals surface area contributed by atoms with Gasteiger partial charge in [-0.3, -0.25) is 13.9 Å². The van der Waals surface area contributed by atoms with E-state index in [1.54, 1.807) is 30.3 Å². The Morgan fingerprint density at radius 2 is 1.46 bits per heavy atom. The summed E-state index contributed by atoms with van der Waals surface area (Å²) in [6.45, 7) is 9.14. The SMILES string of the molecule is CC[C@H](C)NC(=O)[C@@H](Cc1ccccc1)N(Cc1ccc(Br)cc1)C(=O)CN(c1cc(C)ccc1C)S(=O)(=O)c1ccc(C)cc1. The number of sulfonamides is 1. The molecule has 0 radical (unpaired) electrons. The molecule has 0 aliphatic rings. The second kappa shape index (κ2) is 15.6. The molecule has 2 atom stereocenters. The molecule has 4 aromatic rings. The second-order valence-electron chi connectivity index (χ2n) is 11.8. The van der Waals surface area contributed by atoms with Gasteiger partial charge in [-0.1, -0.05) is 95.1 Å². The Hall–Kier alpha value is -3.95. The Kier molecular flexibility index (Phi) is 11.8. The summed E-state index contributed by atoms with van der Waals surface area (Å²) in [7, 11) is -4.17. The Morgan fingerprint density at radius 3 is 2.09 bits per heavy atom. The van der Waals surface area contributed by atoms with E-state index in [1.807, 2.05) is 101 Å². The van der Waals surface area contributed by atoms with Crippen molar-refractivity contribution >= 4 is 43.5 Å². The van der Waals surface area contributed by atoms with Gasteiger partial charge in [-0.05, 0) is 86.7 Å². The van der Waals surface area contributed by atoms with E-state index < -0.39 is 28.5 Å². The number of nitrogens with zero attached hydrogens (tertiary/aromatic N) is 2. The van der Waals surface area contributed by atoms with E-state index in [0.29, 0.717) is 11.3 Å². The summed E-state index contributed by atoms with van der Waals surface area (Å²) in [5.41, 5.74) is 4.61. The highest BCUT2D eigenvalue weighted by atomic mass is 79.9. The standard InChI is InChI=1S/C37H42BrN3O4S/c1-6-29(5)39-37(43)35(23-30-10-8-7-9-11-30)40(24-31-16-18-32(38)19-17-31)36(42)25-41(34-22-27(3)12-15-28(34)4)46(44,45)33-20-13-26(2)14-21-33/h7-22,29,35H,6,23-25H2,1-5H3,(H,39,43)/t29-,35+/m0/s1. The minimum absolute atomic E-state index is 0.0848. The minimum atomic E-state index is -4.17. The average molecular weight is 705 g/mol. The zero-order valence-corrected chi connectivity index (χ0v) is 29.4. The molecule has 0 spiro atoms. The van der Waals surface area contributed by atoms with Gasteiger partial charge in [-0.15, -0.1) is 0 Å². The third-order valence-corrected chi connectivity index (χ3v) is 10.4. The lowest BCUT2D eigenvalue weighted by molar-refractivity contribution is -0.140. The molecule has 9 heteroatoms. The van der Waals surface area contributed by atoms with Crippen molar-refractivity contribution in [2.75, 3.05) is 10.8 Å². The number of hydrogen-bond donors (Lipinski definition) is 1. The number of carbonyl (C=O) groups is 2. The summed E-state index contributed by atoms with van der Waals surface area (Å²) in [5.74, 6) is -0.775. The minimum Gasteiger partial charge on any atom is -0.352 e. The molecular weight excluding hydrogens is 662 g/mol. The van der Waals surface area contributed by atoms with Gasteiger partial charge in [0.05, 0.1) is 10.6 Å². The molecule has 0 aliphatic heterocycles. The number of halogens is 1. The fourth-order valence-corrected chi connectivity index (χ4v) is 6.86. The Bertz CT molecular complexity index is 1740. The molecule has 242 valence electrons. The van der Waals surface area contributed by atoms with Crippen molar-refractivity contribution in [3.63, 3.8) is 0 Å². The molecule has 46 heavy (non-hydrogen) atoms. The maximum absolute atomic E-state index is 14.6. The zero-order chi connectivity index (χ0) is 33.4. The van der Waals surface area contributed by atoms with Gasteiger partial charge >= 0.3 is 0 Å². The Morgan fingerprint density at radius 1 is 0.826 bits per heavy atom. The van der Waals surface area contributed by atoms with Crippen LogP contribution in [0.15, 0.2) is 106 Å². The monoisotopic (exact) mass is 703 g/mol. The van der Waals surface area contributed by atoms with Crippen molar-refractivity contribution in [3.8, 4) is 0 Å². The van der Waals surface area contributed by atoms with Crippen LogP contribution in [-0.2, 0) is 32.6 Å². The third kappa shape index (κ3) is 8.85. The van der Waals surface area contributed by atoms with Gasteiger partial charge in [0.1, 0.15) is 12.6 Å². The van der Waals surface area contributed by atoms with Crippen LogP contribution >= 0.6 is 15.9 Å². The van der Waals surface area contributed by atoms with Crippen molar-refractivity contribution in [2.45, 2.75) is 71.0 Å². The first-order valence-electron chi connectivity index (χ1n) is 15.4. The summed E-state index contributed by atoms with van der Waals surface area (Å²) in [6, 6.07) is 28.2. The van der Waals surface area contributed by atoms with Crippen LogP contribution in [0.4, 0.5) is 5.69 Å². The van der Waals surface area contributed by atoms with Crippen LogP contribution in [0.3, 0.4) is 0 Å². The molecule has 0 bridgehead atoms. The Balaban J connectivity index is 1.83. The predicted octanol–water partition coefficient (Wildman–Crippen LogP) is 7.12. The van der Waals surface area contributed by atoms with Crippen molar-refractivity contribution < 1.29 is 18.0 Å². The van der Waals surface area contributed by atoms with Gasteiger partial charge in [-0.2, -0.15) is 0 Å². The van der Waals surface area contributed by atoms with Gasteiger partial charge in [0.25, 0.3) is 10.0 Å². The molecule has 0 unspecified atom stereocenters. The number of amides is 2. The van der Waals surface area contributed by atoms with Crippen molar-refractivity contribution in [1.29, 1.82) is 0 Å². The summed E-state index contributed by atoms with van der Waals surface area (Å²) < 4.78 is 30.7. The highest BCUT2D eigenvalue weighted by molar-refractivity contribution is 9.10. The van der Waals surface area contributed by atoms with Gasteiger partial charge in [0.15, 0.2) is 0 Å². The topological polar surface area (TPSA) is 86.8 Å². The van der Waals surface area contributed by atoms with Crippen LogP contribution in [0.1, 0.15) is 48.1 Å². The van der Waals surface area contributed by atoms with E-state index in [-0.39, 0.29) is 29.8 Å². The molecule has 0 saturated carbocycles. The van der Waals surface area contributed by atoms with Crippen LogP contribution < -0.4 is 9.62 Å².